The third-order valence-corrected chi connectivity index (χ3v) is 6.65. The molecule has 0 spiro atoms. The number of thiophene rings is 1. The van der Waals surface area contributed by atoms with Gasteiger partial charge in [0.1, 0.15) is 33.4 Å². The van der Waals surface area contributed by atoms with Crippen LogP contribution in [-0.2, 0) is 4.74 Å². The molecule has 10 heteroatoms. The number of ether oxygens (including phenoxy) is 3. The van der Waals surface area contributed by atoms with E-state index in [1.807, 2.05) is 40.7 Å². The van der Waals surface area contributed by atoms with Gasteiger partial charge in [-0.3, -0.25) is 4.79 Å². The van der Waals surface area contributed by atoms with E-state index in [-0.39, 0.29) is 12.0 Å². The molecule has 2 heterocycles. The van der Waals surface area contributed by atoms with Crippen molar-refractivity contribution in [2.45, 2.75) is 40.7 Å². The number of hydrogen-bond acceptors (Lipinski definition) is 9. The summed E-state index contributed by atoms with van der Waals surface area (Å²) in [5.74, 6) is 0.826. The van der Waals surface area contributed by atoms with E-state index >= 15 is 0 Å². The average molecular weight is 535 g/mol. The summed E-state index contributed by atoms with van der Waals surface area (Å²) in [6.45, 7) is 10.0. The molecule has 0 saturated heterocycles. The first-order valence-electron chi connectivity index (χ1n) is 12.3. The first kappa shape index (κ1) is 26.9. The Morgan fingerprint density at radius 3 is 2.29 bits per heavy atom. The van der Waals surface area contributed by atoms with Crippen LogP contribution in [0.1, 0.15) is 53.3 Å². The number of rotatable bonds is 10. The molecule has 9 nitrogen and oxygen atoms in total. The van der Waals surface area contributed by atoms with Gasteiger partial charge in [-0.05, 0) is 52.3 Å². The van der Waals surface area contributed by atoms with Crippen LogP contribution in [0.25, 0.3) is 10.2 Å². The molecule has 0 aliphatic heterocycles. The SMILES string of the molecule is CCOc1cc(Nc2ncnc3sc(C(=O)OC(C)C)c(C)c23)c(OCC)cc1NC(=O)c1ccccc1. The monoisotopic (exact) mass is 534 g/mol. The molecule has 0 unspecified atom stereocenters. The summed E-state index contributed by atoms with van der Waals surface area (Å²) in [6, 6.07) is 12.4. The molecule has 4 aromatic rings. The van der Waals surface area contributed by atoms with Crippen LogP contribution in [0.2, 0.25) is 0 Å². The van der Waals surface area contributed by atoms with E-state index in [2.05, 4.69) is 20.6 Å². The second-order valence-electron chi connectivity index (χ2n) is 8.57. The molecule has 2 N–H and O–H groups in total. The Morgan fingerprint density at radius 1 is 0.974 bits per heavy atom. The summed E-state index contributed by atoms with van der Waals surface area (Å²) >= 11 is 1.26. The van der Waals surface area contributed by atoms with Crippen LogP contribution < -0.4 is 20.1 Å². The average Bonchev–Trinajstić information content (AvgIpc) is 3.24. The Labute approximate surface area is 225 Å². The lowest BCUT2D eigenvalue weighted by Gasteiger charge is -2.18. The van der Waals surface area contributed by atoms with Crippen molar-refractivity contribution in [1.29, 1.82) is 0 Å². The number of aryl methyl sites for hydroxylation is 1. The van der Waals surface area contributed by atoms with E-state index in [4.69, 9.17) is 14.2 Å². The van der Waals surface area contributed by atoms with Gasteiger partial charge >= 0.3 is 5.97 Å². The summed E-state index contributed by atoms with van der Waals surface area (Å²) in [7, 11) is 0. The van der Waals surface area contributed by atoms with Gasteiger partial charge in [-0.25, -0.2) is 14.8 Å². The van der Waals surface area contributed by atoms with Crippen molar-refractivity contribution in [2.24, 2.45) is 0 Å². The lowest BCUT2D eigenvalue weighted by Crippen LogP contribution is -2.13. The number of hydrogen-bond donors (Lipinski definition) is 2. The number of nitrogens with one attached hydrogen (secondary N) is 2. The zero-order valence-corrected chi connectivity index (χ0v) is 22.8. The molecule has 2 aromatic heterocycles. The minimum atomic E-state index is -0.390. The number of anilines is 3. The fraction of sp³-hybridized carbons (Fsp3) is 0.286. The summed E-state index contributed by atoms with van der Waals surface area (Å²) in [5, 5.41) is 6.97. The van der Waals surface area contributed by atoms with Crippen molar-refractivity contribution in [1.82, 2.24) is 9.97 Å². The molecule has 4 rings (SSSR count). The third-order valence-electron chi connectivity index (χ3n) is 5.47. The molecule has 0 aliphatic rings. The number of esters is 1. The summed E-state index contributed by atoms with van der Waals surface area (Å²) in [5.41, 5.74) is 2.32. The highest BCUT2D eigenvalue weighted by Gasteiger charge is 2.22. The minimum Gasteiger partial charge on any atom is -0.492 e. The standard InChI is InChI=1S/C28H30N4O5S/c1-6-35-21-14-20(32-26(33)18-11-9-8-10-12-18)22(36-7-2)13-19(21)31-25-23-17(5)24(28(34)37-16(3)4)38-27(23)30-15-29-25/h8-16H,6-7H2,1-5H3,(H,32,33)(H,29,30,31). The van der Waals surface area contributed by atoms with Crippen LogP contribution in [0.5, 0.6) is 11.5 Å². The van der Waals surface area contributed by atoms with Gasteiger partial charge in [0, 0.05) is 17.7 Å². The first-order valence-corrected chi connectivity index (χ1v) is 13.2. The van der Waals surface area contributed by atoms with Gasteiger partial charge in [-0.1, -0.05) is 18.2 Å². The van der Waals surface area contributed by atoms with E-state index in [0.29, 0.717) is 57.2 Å². The Balaban J connectivity index is 1.73. The lowest BCUT2D eigenvalue weighted by atomic mass is 10.1. The Bertz CT molecular complexity index is 1450. The van der Waals surface area contributed by atoms with E-state index in [9.17, 15) is 9.59 Å². The maximum absolute atomic E-state index is 12.8. The fourth-order valence-corrected chi connectivity index (χ4v) is 4.88. The van der Waals surface area contributed by atoms with Crippen molar-refractivity contribution in [3.63, 3.8) is 0 Å². The smallest absolute Gasteiger partial charge is 0.348 e. The third kappa shape index (κ3) is 5.86. The van der Waals surface area contributed by atoms with Gasteiger partial charge in [0.15, 0.2) is 0 Å². The number of carbonyl (C=O) groups excluding carboxylic acids is 2. The van der Waals surface area contributed by atoms with Gasteiger partial charge in [-0.2, -0.15) is 0 Å². The molecule has 1 amide bonds. The van der Waals surface area contributed by atoms with Gasteiger partial charge in [0.05, 0.1) is 36.1 Å². The molecular formula is C28H30N4O5S. The number of nitrogens with zero attached hydrogens (tertiary/aromatic N) is 2. The number of amides is 1. The van der Waals surface area contributed by atoms with Gasteiger partial charge in [0.25, 0.3) is 5.91 Å². The van der Waals surface area contributed by atoms with E-state index in [1.165, 1.54) is 17.7 Å². The van der Waals surface area contributed by atoms with Crippen molar-refractivity contribution < 1.29 is 23.8 Å². The Kier molecular flexibility index (Phi) is 8.42. The highest BCUT2D eigenvalue weighted by atomic mass is 32.1. The van der Waals surface area contributed by atoms with Crippen molar-refractivity contribution in [2.75, 3.05) is 23.8 Å². The Morgan fingerprint density at radius 2 is 1.63 bits per heavy atom. The topological polar surface area (TPSA) is 112 Å². The second kappa shape index (κ2) is 11.9. The highest BCUT2D eigenvalue weighted by molar-refractivity contribution is 7.20. The van der Waals surface area contributed by atoms with Crippen LogP contribution in [0, 0.1) is 6.92 Å². The van der Waals surface area contributed by atoms with Crippen LogP contribution in [0.3, 0.4) is 0 Å². The number of carbonyl (C=O) groups is 2. The summed E-state index contributed by atoms with van der Waals surface area (Å²) < 4.78 is 17.2. The lowest BCUT2D eigenvalue weighted by molar-refractivity contribution is 0.0383. The van der Waals surface area contributed by atoms with Gasteiger partial charge in [0.2, 0.25) is 0 Å². The molecule has 0 atom stereocenters. The largest absolute Gasteiger partial charge is 0.492 e. The molecular weight excluding hydrogens is 504 g/mol. The molecule has 2 aromatic carbocycles. The molecule has 0 saturated carbocycles. The molecule has 0 bridgehead atoms. The van der Waals surface area contributed by atoms with Gasteiger partial charge in [-0.15, -0.1) is 11.3 Å². The predicted molar refractivity (Wildman–Crippen MR) is 149 cm³/mol. The van der Waals surface area contributed by atoms with Crippen LogP contribution >= 0.6 is 11.3 Å². The Hall–Kier alpha value is -4.18. The number of benzene rings is 2. The van der Waals surface area contributed by atoms with Crippen molar-refractivity contribution >= 4 is 50.6 Å². The van der Waals surface area contributed by atoms with Crippen LogP contribution in [0.15, 0.2) is 48.8 Å². The van der Waals surface area contributed by atoms with Crippen molar-refractivity contribution in [3.05, 3.63) is 64.8 Å². The zero-order valence-electron chi connectivity index (χ0n) is 22.0. The fourth-order valence-electron chi connectivity index (χ4n) is 3.85. The van der Waals surface area contributed by atoms with E-state index in [0.717, 1.165) is 10.9 Å². The van der Waals surface area contributed by atoms with Crippen molar-refractivity contribution in [3.8, 4) is 11.5 Å². The normalized spacial score (nSPS) is 10.9. The summed E-state index contributed by atoms with van der Waals surface area (Å²) in [6.07, 6.45) is 1.21. The first-order chi connectivity index (χ1) is 18.3. The van der Waals surface area contributed by atoms with Gasteiger partial charge < -0.3 is 24.8 Å². The number of fused-ring (bicyclic) bond motifs is 1. The molecule has 0 aliphatic carbocycles. The molecule has 0 fully saturated rings. The number of aromatic nitrogens is 2. The van der Waals surface area contributed by atoms with Crippen LogP contribution in [0.4, 0.5) is 17.2 Å². The van der Waals surface area contributed by atoms with E-state index < -0.39 is 5.97 Å². The van der Waals surface area contributed by atoms with E-state index in [1.54, 1.807) is 36.4 Å². The highest BCUT2D eigenvalue weighted by Crippen LogP contribution is 2.41. The molecule has 0 radical (unpaired) electrons. The molecule has 198 valence electrons. The second-order valence-corrected chi connectivity index (χ2v) is 9.57. The molecule has 38 heavy (non-hydrogen) atoms. The minimum absolute atomic E-state index is 0.234. The zero-order chi connectivity index (χ0) is 27.2. The quantitative estimate of drug-likeness (QED) is 0.226. The summed E-state index contributed by atoms with van der Waals surface area (Å²) in [4.78, 5) is 35.4. The predicted octanol–water partition coefficient (Wildman–Crippen LogP) is 6.36. The maximum atomic E-state index is 12.8. The maximum Gasteiger partial charge on any atom is 0.348 e. The van der Waals surface area contributed by atoms with Crippen LogP contribution in [-0.4, -0.2) is 41.2 Å².